The molecule has 0 bridgehead atoms. The summed E-state index contributed by atoms with van der Waals surface area (Å²) in [6.45, 7) is -0.191. The summed E-state index contributed by atoms with van der Waals surface area (Å²) in [6, 6.07) is -1.18. The number of carboxylic acid groups (broad SMARTS) is 1. The number of ether oxygens (including phenoxy) is 1. The van der Waals surface area contributed by atoms with E-state index < -0.39 is 24.7 Å². The van der Waals surface area contributed by atoms with E-state index in [-0.39, 0.29) is 13.2 Å². The molecule has 1 saturated heterocycles. The summed E-state index contributed by atoms with van der Waals surface area (Å²) < 4.78 is 4.51. The molecule has 0 aliphatic carbocycles. The fourth-order valence-electron chi connectivity index (χ4n) is 0.999. The van der Waals surface area contributed by atoms with Crippen molar-refractivity contribution in [1.82, 2.24) is 4.90 Å². The quantitative estimate of drug-likeness (QED) is 0.567. The van der Waals surface area contributed by atoms with Crippen molar-refractivity contribution in [3.8, 4) is 0 Å². The highest BCUT2D eigenvalue weighted by Crippen LogP contribution is 2.08. The Hall–Kier alpha value is -1.30. The van der Waals surface area contributed by atoms with Crippen LogP contribution in [0, 0.1) is 0 Å². The van der Waals surface area contributed by atoms with Crippen molar-refractivity contribution < 1.29 is 24.5 Å². The van der Waals surface area contributed by atoms with Gasteiger partial charge >= 0.3 is 12.1 Å². The van der Waals surface area contributed by atoms with Gasteiger partial charge in [0.05, 0.1) is 13.2 Å². The number of aliphatic carboxylic acids is 1. The lowest BCUT2D eigenvalue weighted by Gasteiger charge is -2.18. The van der Waals surface area contributed by atoms with Crippen LogP contribution >= 0.6 is 0 Å². The van der Waals surface area contributed by atoms with Gasteiger partial charge in [0.15, 0.2) is 6.04 Å². The zero-order valence-corrected chi connectivity index (χ0v) is 6.27. The van der Waals surface area contributed by atoms with E-state index in [0.29, 0.717) is 0 Å². The Morgan fingerprint density at radius 3 is 2.75 bits per heavy atom. The number of rotatable bonds is 3. The average molecular weight is 175 g/mol. The lowest BCUT2D eigenvalue weighted by Crippen LogP contribution is -2.44. The molecule has 1 amide bonds. The highest BCUT2D eigenvalue weighted by Gasteiger charge is 2.33. The number of amides is 1. The molecule has 1 aliphatic rings. The molecular formula is C6H9NO5. The number of cyclic esters (lactones) is 1. The number of hydrogen-bond donors (Lipinski definition) is 2. The molecule has 0 aromatic heterocycles. The second-order valence-electron chi connectivity index (χ2n) is 2.34. The number of aliphatic hydroxyl groups excluding tert-OH is 1. The first-order valence-electron chi connectivity index (χ1n) is 3.44. The van der Waals surface area contributed by atoms with Gasteiger partial charge in [-0.25, -0.2) is 9.59 Å². The standard InChI is InChI=1S/C6H9NO5/c8-3-4(5(9)10)7-1-2-12-6(7)11/h4,8H,1-3H2,(H,9,10). The smallest absolute Gasteiger partial charge is 0.410 e. The van der Waals surface area contributed by atoms with E-state index in [9.17, 15) is 9.59 Å². The first-order valence-corrected chi connectivity index (χ1v) is 3.44. The molecule has 1 atom stereocenters. The molecule has 1 heterocycles. The number of carbonyl (C=O) groups is 2. The topological polar surface area (TPSA) is 87.1 Å². The van der Waals surface area contributed by atoms with Crippen LogP contribution in [0.5, 0.6) is 0 Å². The number of aliphatic hydroxyl groups is 1. The third-order valence-electron chi connectivity index (χ3n) is 1.63. The maximum atomic E-state index is 10.8. The maximum Gasteiger partial charge on any atom is 0.410 e. The lowest BCUT2D eigenvalue weighted by atomic mass is 10.3. The number of carboxylic acids is 1. The maximum absolute atomic E-state index is 10.8. The van der Waals surface area contributed by atoms with Crippen LogP contribution in [-0.2, 0) is 9.53 Å². The van der Waals surface area contributed by atoms with E-state index in [1.165, 1.54) is 0 Å². The normalized spacial score (nSPS) is 19.1. The molecule has 1 unspecified atom stereocenters. The van der Waals surface area contributed by atoms with Gasteiger partial charge in [0.1, 0.15) is 6.61 Å². The predicted molar refractivity (Wildman–Crippen MR) is 36.6 cm³/mol. The van der Waals surface area contributed by atoms with Crippen molar-refractivity contribution in [1.29, 1.82) is 0 Å². The molecule has 12 heavy (non-hydrogen) atoms. The van der Waals surface area contributed by atoms with Gasteiger partial charge in [0, 0.05) is 0 Å². The van der Waals surface area contributed by atoms with Crippen LogP contribution in [0.3, 0.4) is 0 Å². The van der Waals surface area contributed by atoms with Crippen LogP contribution < -0.4 is 0 Å². The summed E-state index contributed by atoms with van der Waals surface area (Å²) in [5.41, 5.74) is 0. The molecule has 0 saturated carbocycles. The summed E-state index contributed by atoms with van der Waals surface area (Å²) in [4.78, 5) is 22.3. The van der Waals surface area contributed by atoms with Crippen LogP contribution in [0.25, 0.3) is 0 Å². The minimum atomic E-state index is -1.23. The van der Waals surface area contributed by atoms with Gasteiger partial charge in [0.25, 0.3) is 0 Å². The summed E-state index contributed by atoms with van der Waals surface area (Å²) >= 11 is 0. The fraction of sp³-hybridized carbons (Fsp3) is 0.667. The Kier molecular flexibility index (Phi) is 2.49. The third kappa shape index (κ3) is 1.48. The molecule has 0 aromatic rings. The second-order valence-corrected chi connectivity index (χ2v) is 2.34. The van der Waals surface area contributed by atoms with Gasteiger partial charge in [0.2, 0.25) is 0 Å². The van der Waals surface area contributed by atoms with Crippen LogP contribution in [-0.4, -0.2) is 53.0 Å². The van der Waals surface area contributed by atoms with Gasteiger partial charge in [-0.05, 0) is 0 Å². The molecule has 68 valence electrons. The number of nitrogens with zero attached hydrogens (tertiary/aromatic N) is 1. The Bertz CT molecular complexity index is 204. The summed E-state index contributed by atoms with van der Waals surface area (Å²) in [6.07, 6.45) is -0.684. The van der Waals surface area contributed by atoms with Gasteiger partial charge < -0.3 is 14.9 Å². The van der Waals surface area contributed by atoms with E-state index in [1.54, 1.807) is 0 Å². The first kappa shape index (κ1) is 8.79. The lowest BCUT2D eigenvalue weighted by molar-refractivity contribution is -0.143. The molecule has 0 spiro atoms. The SMILES string of the molecule is O=C(O)C(CO)N1CCOC1=O. The van der Waals surface area contributed by atoms with Crippen LogP contribution in [0.1, 0.15) is 0 Å². The van der Waals surface area contributed by atoms with E-state index in [1.807, 2.05) is 0 Å². The van der Waals surface area contributed by atoms with Gasteiger partial charge in [-0.2, -0.15) is 0 Å². The molecule has 2 N–H and O–H groups in total. The van der Waals surface area contributed by atoms with Crippen LogP contribution in [0.4, 0.5) is 4.79 Å². The van der Waals surface area contributed by atoms with Gasteiger partial charge in [-0.3, -0.25) is 4.90 Å². The molecule has 6 heteroatoms. The molecule has 6 nitrogen and oxygen atoms in total. The van der Waals surface area contributed by atoms with Crippen LogP contribution in [0.2, 0.25) is 0 Å². The first-order chi connectivity index (χ1) is 5.66. The van der Waals surface area contributed by atoms with E-state index >= 15 is 0 Å². The zero-order valence-electron chi connectivity index (χ0n) is 6.27. The number of carbonyl (C=O) groups excluding carboxylic acids is 1. The highest BCUT2D eigenvalue weighted by molar-refractivity contribution is 5.80. The van der Waals surface area contributed by atoms with Crippen LogP contribution in [0.15, 0.2) is 0 Å². The van der Waals surface area contributed by atoms with E-state index in [4.69, 9.17) is 10.2 Å². The Labute approximate surface area is 68.3 Å². The predicted octanol–water partition coefficient (Wildman–Crippen LogP) is -1.12. The van der Waals surface area contributed by atoms with E-state index in [2.05, 4.69) is 4.74 Å². The monoisotopic (exact) mass is 175 g/mol. The zero-order chi connectivity index (χ0) is 9.14. The second kappa shape index (κ2) is 3.40. The van der Waals surface area contributed by atoms with Crippen molar-refractivity contribution in [2.24, 2.45) is 0 Å². The Morgan fingerprint density at radius 2 is 2.42 bits per heavy atom. The molecule has 0 radical (unpaired) electrons. The van der Waals surface area contributed by atoms with Gasteiger partial charge in [-0.15, -0.1) is 0 Å². The Balaban J connectivity index is 2.65. The highest BCUT2D eigenvalue weighted by atomic mass is 16.6. The minimum Gasteiger partial charge on any atom is -0.480 e. The van der Waals surface area contributed by atoms with Crippen molar-refractivity contribution in [2.75, 3.05) is 19.8 Å². The van der Waals surface area contributed by atoms with Crippen molar-refractivity contribution in [3.63, 3.8) is 0 Å². The number of hydrogen-bond acceptors (Lipinski definition) is 4. The third-order valence-corrected chi connectivity index (χ3v) is 1.63. The molecule has 1 aliphatic heterocycles. The minimum absolute atomic E-state index is 0.183. The average Bonchev–Trinajstić information content (AvgIpc) is 2.38. The molecular weight excluding hydrogens is 166 g/mol. The summed E-state index contributed by atoms with van der Waals surface area (Å²) in [7, 11) is 0. The fourth-order valence-corrected chi connectivity index (χ4v) is 0.999. The van der Waals surface area contributed by atoms with E-state index in [0.717, 1.165) is 4.90 Å². The van der Waals surface area contributed by atoms with Gasteiger partial charge in [-0.1, -0.05) is 0 Å². The van der Waals surface area contributed by atoms with Crippen molar-refractivity contribution in [2.45, 2.75) is 6.04 Å². The molecule has 1 fully saturated rings. The molecule has 0 aromatic carbocycles. The van der Waals surface area contributed by atoms with Crippen molar-refractivity contribution in [3.05, 3.63) is 0 Å². The Morgan fingerprint density at radius 1 is 1.75 bits per heavy atom. The summed E-state index contributed by atoms with van der Waals surface area (Å²) in [5.74, 6) is -1.23. The molecule has 1 rings (SSSR count). The largest absolute Gasteiger partial charge is 0.480 e. The summed E-state index contributed by atoms with van der Waals surface area (Å²) in [5, 5.41) is 17.2. The van der Waals surface area contributed by atoms with Crippen molar-refractivity contribution >= 4 is 12.1 Å².